The Labute approximate surface area is 229 Å². The van der Waals surface area contributed by atoms with E-state index in [1.165, 1.54) is 28.3 Å². The molecule has 0 bridgehead atoms. The number of allylic oxidation sites excluding steroid dienone is 6. The minimum Gasteiger partial charge on any atom is -0.374 e. The van der Waals surface area contributed by atoms with Gasteiger partial charge in [0.25, 0.3) is 0 Å². The van der Waals surface area contributed by atoms with Crippen LogP contribution in [0, 0.1) is 12.8 Å². The standard InChI is InChI=1S/C32H36F2N4O/c1-21-15-23(29-6-4-3-5-22(29)11-14-36-32(39)25-18-37-38(2)20-25)8-10-28(21)31-19-35-13-12-30(31)24-7-9-26(33)17-27(34)16-24/h3-8,10,15-18,20,30-32,35-36,39H,9,11-14,19H2,1-2H3. The van der Waals surface area contributed by atoms with Crippen LogP contribution in [0.4, 0.5) is 8.78 Å². The van der Waals surface area contributed by atoms with Crippen molar-refractivity contribution in [2.75, 3.05) is 19.6 Å². The van der Waals surface area contributed by atoms with E-state index >= 15 is 0 Å². The van der Waals surface area contributed by atoms with Gasteiger partial charge in [-0.1, -0.05) is 48.5 Å². The zero-order valence-corrected chi connectivity index (χ0v) is 22.5. The molecule has 0 radical (unpaired) electrons. The van der Waals surface area contributed by atoms with Crippen molar-refractivity contribution < 1.29 is 13.9 Å². The molecule has 1 aliphatic carbocycles. The second kappa shape index (κ2) is 12.2. The Morgan fingerprint density at radius 2 is 2.00 bits per heavy atom. The van der Waals surface area contributed by atoms with E-state index in [4.69, 9.17) is 0 Å². The minimum atomic E-state index is -0.761. The van der Waals surface area contributed by atoms with E-state index in [9.17, 15) is 13.9 Å². The van der Waals surface area contributed by atoms with Gasteiger partial charge in [0.2, 0.25) is 0 Å². The van der Waals surface area contributed by atoms with Gasteiger partial charge in [-0.25, -0.2) is 8.78 Å². The summed E-state index contributed by atoms with van der Waals surface area (Å²) in [6, 6.07) is 15.0. The Kier molecular flexibility index (Phi) is 8.50. The fourth-order valence-electron chi connectivity index (χ4n) is 5.85. The largest absolute Gasteiger partial charge is 0.374 e. The van der Waals surface area contributed by atoms with Gasteiger partial charge in [-0.05, 0) is 71.7 Å². The number of rotatable bonds is 8. The number of halogens is 2. The van der Waals surface area contributed by atoms with Crippen molar-refractivity contribution >= 4 is 0 Å². The van der Waals surface area contributed by atoms with Gasteiger partial charge in [-0.2, -0.15) is 5.10 Å². The molecule has 1 saturated heterocycles. The molecule has 5 rings (SSSR count). The molecule has 1 aromatic heterocycles. The van der Waals surface area contributed by atoms with Crippen LogP contribution < -0.4 is 10.6 Å². The Hall–Kier alpha value is -3.39. The Morgan fingerprint density at radius 3 is 2.79 bits per heavy atom. The molecule has 5 nitrogen and oxygen atoms in total. The molecule has 2 heterocycles. The van der Waals surface area contributed by atoms with Crippen LogP contribution in [-0.2, 0) is 13.5 Å². The van der Waals surface area contributed by atoms with Crippen LogP contribution >= 0.6 is 0 Å². The Morgan fingerprint density at radius 1 is 1.15 bits per heavy atom. The van der Waals surface area contributed by atoms with E-state index in [0.717, 1.165) is 48.7 Å². The molecule has 3 unspecified atom stereocenters. The van der Waals surface area contributed by atoms with Crippen molar-refractivity contribution in [3.8, 4) is 11.1 Å². The number of aliphatic hydroxyl groups excluding tert-OH is 1. The molecule has 2 aromatic carbocycles. The third kappa shape index (κ3) is 6.44. The summed E-state index contributed by atoms with van der Waals surface area (Å²) in [5, 5.41) is 21.2. The molecule has 7 heteroatoms. The molecular weight excluding hydrogens is 494 g/mol. The van der Waals surface area contributed by atoms with Gasteiger partial charge < -0.3 is 10.4 Å². The molecule has 0 saturated carbocycles. The number of hydrogen-bond acceptors (Lipinski definition) is 4. The van der Waals surface area contributed by atoms with E-state index in [2.05, 4.69) is 53.0 Å². The van der Waals surface area contributed by atoms with E-state index < -0.39 is 17.9 Å². The molecule has 39 heavy (non-hydrogen) atoms. The monoisotopic (exact) mass is 530 g/mol. The second-order valence-corrected chi connectivity index (χ2v) is 10.5. The Balaban J connectivity index is 1.33. The molecule has 3 atom stereocenters. The SMILES string of the molecule is Cc1cc(-c2ccccc2CCNC(O)c2cnn(C)c2)ccc1C1CNCCC1C1=CCC(F)=CC(F)=C1. The molecular formula is C32H36F2N4O. The molecule has 1 fully saturated rings. The van der Waals surface area contributed by atoms with Crippen molar-refractivity contribution in [2.24, 2.45) is 13.0 Å². The van der Waals surface area contributed by atoms with Crippen molar-refractivity contribution in [1.82, 2.24) is 20.4 Å². The average Bonchev–Trinajstić information content (AvgIpc) is 3.29. The van der Waals surface area contributed by atoms with Crippen LogP contribution in [0.2, 0.25) is 0 Å². The number of nitrogens with zero attached hydrogens (tertiary/aromatic N) is 2. The van der Waals surface area contributed by atoms with Crippen LogP contribution in [0.25, 0.3) is 11.1 Å². The van der Waals surface area contributed by atoms with Crippen LogP contribution in [0.3, 0.4) is 0 Å². The predicted octanol–water partition coefficient (Wildman–Crippen LogP) is 5.95. The van der Waals surface area contributed by atoms with Crippen LogP contribution in [0.15, 0.2) is 90.3 Å². The van der Waals surface area contributed by atoms with Gasteiger partial charge in [0.1, 0.15) is 17.9 Å². The summed E-state index contributed by atoms with van der Waals surface area (Å²) in [5.74, 6) is -0.645. The molecule has 0 spiro atoms. The maximum absolute atomic E-state index is 14.3. The fraction of sp³-hybridized carbons (Fsp3) is 0.344. The maximum atomic E-state index is 14.3. The van der Waals surface area contributed by atoms with Crippen LogP contribution in [0.5, 0.6) is 0 Å². The van der Waals surface area contributed by atoms with Crippen LogP contribution in [0.1, 0.15) is 47.2 Å². The minimum absolute atomic E-state index is 0.130. The van der Waals surface area contributed by atoms with Gasteiger partial charge in [0, 0.05) is 50.3 Å². The van der Waals surface area contributed by atoms with Crippen LogP contribution in [-0.4, -0.2) is 34.5 Å². The van der Waals surface area contributed by atoms with Gasteiger partial charge in [-0.3, -0.25) is 10.00 Å². The van der Waals surface area contributed by atoms with Crippen molar-refractivity contribution in [3.63, 3.8) is 0 Å². The fourth-order valence-corrected chi connectivity index (χ4v) is 5.85. The normalized spacial score (nSPS) is 20.6. The lowest BCUT2D eigenvalue weighted by molar-refractivity contribution is 0.140. The third-order valence-electron chi connectivity index (χ3n) is 7.81. The number of aryl methyl sites for hydroxylation is 2. The first-order valence-corrected chi connectivity index (χ1v) is 13.6. The molecule has 2 aliphatic rings. The summed E-state index contributed by atoms with van der Waals surface area (Å²) in [7, 11) is 1.83. The number of aromatic nitrogens is 2. The second-order valence-electron chi connectivity index (χ2n) is 10.5. The summed E-state index contributed by atoms with van der Waals surface area (Å²) in [4.78, 5) is 0. The number of benzene rings is 2. The number of aliphatic hydroxyl groups is 1. The van der Waals surface area contributed by atoms with E-state index in [0.29, 0.717) is 6.54 Å². The lowest BCUT2D eigenvalue weighted by Gasteiger charge is -2.34. The van der Waals surface area contributed by atoms with Crippen molar-refractivity contribution in [1.29, 1.82) is 0 Å². The molecule has 0 amide bonds. The molecule has 3 N–H and O–H groups in total. The summed E-state index contributed by atoms with van der Waals surface area (Å²) >= 11 is 0. The first kappa shape index (κ1) is 27.2. The van der Waals surface area contributed by atoms with E-state index in [1.807, 2.05) is 25.3 Å². The summed E-state index contributed by atoms with van der Waals surface area (Å²) in [6.07, 6.45) is 8.83. The first-order valence-electron chi connectivity index (χ1n) is 13.6. The van der Waals surface area contributed by atoms with Gasteiger partial charge >= 0.3 is 0 Å². The highest BCUT2D eigenvalue weighted by atomic mass is 19.1. The van der Waals surface area contributed by atoms with Gasteiger partial charge in [0.15, 0.2) is 0 Å². The summed E-state index contributed by atoms with van der Waals surface area (Å²) in [6.45, 7) is 4.42. The molecule has 204 valence electrons. The highest BCUT2D eigenvalue weighted by molar-refractivity contribution is 5.69. The number of piperidine rings is 1. The summed E-state index contributed by atoms with van der Waals surface area (Å²) < 4.78 is 29.8. The lowest BCUT2D eigenvalue weighted by atomic mass is 9.75. The van der Waals surface area contributed by atoms with E-state index in [-0.39, 0.29) is 18.3 Å². The zero-order valence-electron chi connectivity index (χ0n) is 22.5. The van der Waals surface area contributed by atoms with E-state index in [1.54, 1.807) is 17.1 Å². The highest BCUT2D eigenvalue weighted by Crippen LogP contribution is 2.39. The summed E-state index contributed by atoms with van der Waals surface area (Å²) in [5.41, 5.74) is 7.57. The predicted molar refractivity (Wildman–Crippen MR) is 151 cm³/mol. The molecule has 3 aromatic rings. The smallest absolute Gasteiger partial charge is 0.134 e. The quantitative estimate of drug-likeness (QED) is 0.315. The maximum Gasteiger partial charge on any atom is 0.134 e. The van der Waals surface area contributed by atoms with Crippen molar-refractivity contribution in [3.05, 3.63) is 113 Å². The van der Waals surface area contributed by atoms with Gasteiger partial charge in [0.05, 0.1) is 6.20 Å². The highest BCUT2D eigenvalue weighted by Gasteiger charge is 2.30. The Bertz CT molecular complexity index is 1410. The van der Waals surface area contributed by atoms with Crippen molar-refractivity contribution in [2.45, 2.75) is 38.3 Å². The topological polar surface area (TPSA) is 62.1 Å². The third-order valence-corrected chi connectivity index (χ3v) is 7.81. The number of hydrogen-bond donors (Lipinski definition) is 3. The zero-order chi connectivity index (χ0) is 27.4. The molecule has 1 aliphatic heterocycles. The van der Waals surface area contributed by atoms with Gasteiger partial charge in [-0.15, -0.1) is 0 Å². The average molecular weight is 531 g/mol. The first-order chi connectivity index (χ1) is 18.9. The lowest BCUT2D eigenvalue weighted by Crippen LogP contribution is -2.36. The number of nitrogens with one attached hydrogen (secondary N) is 2.